The smallest absolute Gasteiger partial charge is 0.252 e. The van der Waals surface area contributed by atoms with Gasteiger partial charge in [-0.15, -0.1) is 11.3 Å². The average molecular weight is 340 g/mol. The maximum Gasteiger partial charge on any atom is 0.252 e. The van der Waals surface area contributed by atoms with Crippen LogP contribution in [0.2, 0.25) is 0 Å². The maximum absolute atomic E-state index is 11.8. The number of primary sulfonamides is 1. The first-order chi connectivity index (χ1) is 9.02. The Bertz CT molecular complexity index is 703. The molecule has 0 aliphatic heterocycles. The topological polar surface area (TPSA) is 123 Å². The molecule has 0 aliphatic rings. The monoisotopic (exact) mass is 340 g/mol. The number of hydrogen-bond donors (Lipinski definition) is 2. The molecule has 0 radical (unpaired) electrons. The summed E-state index contributed by atoms with van der Waals surface area (Å²) >= 11 is 0.885. The largest absolute Gasteiger partial charge is 0.352 e. The molecule has 1 heterocycles. The summed E-state index contributed by atoms with van der Waals surface area (Å²) in [5, 5.41) is 8.99. The van der Waals surface area contributed by atoms with Crippen molar-refractivity contribution in [3.8, 4) is 0 Å². The zero-order chi connectivity index (χ0) is 15.6. The molecule has 3 N–H and O–H groups in total. The summed E-state index contributed by atoms with van der Waals surface area (Å²) in [6.07, 6.45) is 1.42. The summed E-state index contributed by atoms with van der Waals surface area (Å²) in [5.41, 5.74) is 0.538. The Kier molecular flexibility index (Phi) is 5.30. The first-order valence-corrected chi connectivity index (χ1v) is 10.1. The van der Waals surface area contributed by atoms with Crippen LogP contribution in [-0.2, 0) is 19.9 Å². The highest BCUT2D eigenvalue weighted by molar-refractivity contribution is 7.91. The fourth-order valence-electron chi connectivity index (χ4n) is 1.53. The quantitative estimate of drug-likeness (QED) is 0.698. The number of rotatable bonds is 6. The van der Waals surface area contributed by atoms with Crippen LogP contribution in [0.3, 0.4) is 0 Å². The summed E-state index contributed by atoms with van der Waals surface area (Å²) in [4.78, 5) is 11.8. The van der Waals surface area contributed by atoms with Crippen LogP contribution in [-0.4, -0.2) is 41.3 Å². The minimum Gasteiger partial charge on any atom is -0.352 e. The molecule has 10 heteroatoms. The van der Waals surface area contributed by atoms with Crippen molar-refractivity contribution in [1.82, 2.24) is 5.32 Å². The van der Waals surface area contributed by atoms with Gasteiger partial charge in [-0.1, -0.05) is 0 Å². The molecule has 0 saturated heterocycles. The molecule has 0 spiro atoms. The van der Waals surface area contributed by atoms with Crippen LogP contribution in [0.1, 0.15) is 22.3 Å². The lowest BCUT2D eigenvalue weighted by atomic mass is 10.2. The van der Waals surface area contributed by atoms with Crippen LogP contribution in [0.4, 0.5) is 0 Å². The van der Waals surface area contributed by atoms with Gasteiger partial charge in [0.2, 0.25) is 10.0 Å². The van der Waals surface area contributed by atoms with Crippen molar-refractivity contribution in [1.29, 1.82) is 0 Å². The van der Waals surface area contributed by atoms with Crippen LogP contribution in [0, 0.1) is 6.92 Å². The van der Waals surface area contributed by atoms with E-state index in [0.29, 0.717) is 12.0 Å². The molecule has 0 saturated carbocycles. The second-order valence-electron chi connectivity index (χ2n) is 4.35. The van der Waals surface area contributed by atoms with Gasteiger partial charge in [0.15, 0.2) is 0 Å². The number of carbonyl (C=O) groups excluding carboxylic acids is 1. The molecule has 0 unspecified atom stereocenters. The maximum atomic E-state index is 11.8. The highest BCUT2D eigenvalue weighted by Gasteiger charge is 2.20. The normalized spacial score (nSPS) is 12.3. The summed E-state index contributed by atoms with van der Waals surface area (Å²) in [6, 6.07) is 0. The van der Waals surface area contributed by atoms with E-state index in [0.717, 1.165) is 17.6 Å². The molecule has 1 amide bonds. The van der Waals surface area contributed by atoms with Gasteiger partial charge in [0, 0.05) is 18.2 Å². The lowest BCUT2D eigenvalue weighted by molar-refractivity contribution is 0.0953. The van der Waals surface area contributed by atoms with E-state index in [1.807, 2.05) is 0 Å². The predicted molar refractivity (Wildman–Crippen MR) is 77.1 cm³/mol. The van der Waals surface area contributed by atoms with Crippen LogP contribution >= 0.6 is 11.3 Å². The number of hydrogen-bond acceptors (Lipinski definition) is 6. The number of amides is 1. The molecule has 114 valence electrons. The number of nitrogens with two attached hydrogens (primary N) is 1. The first-order valence-electron chi connectivity index (χ1n) is 5.59. The van der Waals surface area contributed by atoms with Crippen LogP contribution < -0.4 is 10.5 Å². The standard InChI is InChI=1S/C10H16N2O5S3/c1-7-8(6-18-10(7)20(11,16)17)9(13)12-4-3-5-19(2,14)15/h6H,3-5H2,1-2H3,(H,12,13)(H2,11,16,17). The minimum absolute atomic E-state index is 0.0155. The Morgan fingerprint density at radius 1 is 1.35 bits per heavy atom. The molecular weight excluding hydrogens is 324 g/mol. The van der Waals surface area contributed by atoms with Crippen molar-refractivity contribution in [3.63, 3.8) is 0 Å². The van der Waals surface area contributed by atoms with E-state index in [1.165, 1.54) is 12.3 Å². The van der Waals surface area contributed by atoms with Gasteiger partial charge in [-0.3, -0.25) is 4.79 Å². The Balaban J connectivity index is 2.68. The van der Waals surface area contributed by atoms with Crippen molar-refractivity contribution in [2.24, 2.45) is 5.14 Å². The van der Waals surface area contributed by atoms with E-state index in [4.69, 9.17) is 5.14 Å². The van der Waals surface area contributed by atoms with E-state index in [9.17, 15) is 21.6 Å². The van der Waals surface area contributed by atoms with Crippen molar-refractivity contribution in [2.75, 3.05) is 18.6 Å². The molecule has 1 rings (SSSR count). The van der Waals surface area contributed by atoms with Gasteiger partial charge in [0.25, 0.3) is 5.91 Å². The van der Waals surface area contributed by atoms with E-state index in [2.05, 4.69) is 5.32 Å². The highest BCUT2D eigenvalue weighted by atomic mass is 32.2. The van der Waals surface area contributed by atoms with Gasteiger partial charge in [-0.05, 0) is 18.9 Å². The fourth-order valence-corrected chi connectivity index (χ4v) is 4.22. The first kappa shape index (κ1) is 17.1. The second kappa shape index (κ2) is 6.20. The Hall–Kier alpha value is -0.970. The summed E-state index contributed by atoms with van der Waals surface area (Å²) < 4.78 is 44.3. The molecule has 0 bridgehead atoms. The van der Waals surface area contributed by atoms with E-state index in [-0.39, 0.29) is 22.1 Å². The van der Waals surface area contributed by atoms with Crippen molar-refractivity contribution in [3.05, 3.63) is 16.5 Å². The molecule has 1 aromatic heterocycles. The van der Waals surface area contributed by atoms with E-state index >= 15 is 0 Å². The number of nitrogens with one attached hydrogen (secondary N) is 1. The van der Waals surface area contributed by atoms with Crippen molar-refractivity contribution < 1.29 is 21.6 Å². The van der Waals surface area contributed by atoms with Gasteiger partial charge in [0.1, 0.15) is 14.0 Å². The van der Waals surface area contributed by atoms with Crippen LogP contribution in [0.25, 0.3) is 0 Å². The Morgan fingerprint density at radius 3 is 2.40 bits per heavy atom. The van der Waals surface area contributed by atoms with Gasteiger partial charge in [-0.2, -0.15) is 0 Å². The van der Waals surface area contributed by atoms with Gasteiger partial charge in [-0.25, -0.2) is 22.0 Å². The third-order valence-corrected chi connectivity index (χ3v) is 6.19. The Labute approximate surface area is 122 Å². The molecule has 7 nitrogen and oxygen atoms in total. The zero-order valence-electron chi connectivity index (χ0n) is 11.0. The van der Waals surface area contributed by atoms with E-state index < -0.39 is 25.8 Å². The zero-order valence-corrected chi connectivity index (χ0v) is 13.5. The Morgan fingerprint density at radius 2 is 1.95 bits per heavy atom. The molecule has 0 atom stereocenters. The van der Waals surface area contributed by atoms with Gasteiger partial charge >= 0.3 is 0 Å². The molecule has 20 heavy (non-hydrogen) atoms. The molecule has 0 aliphatic carbocycles. The third-order valence-electron chi connectivity index (χ3n) is 2.47. The van der Waals surface area contributed by atoms with Crippen molar-refractivity contribution in [2.45, 2.75) is 17.6 Å². The van der Waals surface area contributed by atoms with Gasteiger partial charge in [0.05, 0.1) is 11.3 Å². The lowest BCUT2D eigenvalue weighted by Gasteiger charge is -2.04. The summed E-state index contributed by atoms with van der Waals surface area (Å²) in [7, 11) is -6.89. The SMILES string of the molecule is Cc1c(C(=O)NCCCS(C)(=O)=O)csc1S(N)(=O)=O. The third kappa shape index (κ3) is 4.85. The van der Waals surface area contributed by atoms with Crippen LogP contribution in [0.15, 0.2) is 9.59 Å². The molecule has 1 aromatic rings. The molecule has 0 fully saturated rings. The number of sulfonamides is 1. The predicted octanol–water partition coefficient (Wildman–Crippen LogP) is -0.132. The summed E-state index contributed by atoms with van der Waals surface area (Å²) in [5.74, 6) is -0.458. The number of sulfone groups is 1. The van der Waals surface area contributed by atoms with Gasteiger partial charge < -0.3 is 5.32 Å². The minimum atomic E-state index is -3.83. The van der Waals surface area contributed by atoms with Crippen molar-refractivity contribution >= 4 is 37.1 Å². The second-order valence-corrected chi connectivity index (χ2v) is 9.24. The number of carbonyl (C=O) groups is 1. The van der Waals surface area contributed by atoms with E-state index in [1.54, 1.807) is 0 Å². The number of thiophene rings is 1. The fraction of sp³-hybridized carbons (Fsp3) is 0.500. The average Bonchev–Trinajstić information content (AvgIpc) is 2.64. The highest BCUT2D eigenvalue weighted by Crippen LogP contribution is 2.25. The van der Waals surface area contributed by atoms with Crippen LogP contribution in [0.5, 0.6) is 0 Å². The summed E-state index contributed by atoms with van der Waals surface area (Å²) in [6.45, 7) is 1.70. The molecular formula is C10H16N2O5S3. The molecule has 0 aromatic carbocycles. The lowest BCUT2D eigenvalue weighted by Crippen LogP contribution is -2.26.